The Hall–Kier alpha value is -0.860. The van der Waals surface area contributed by atoms with Gasteiger partial charge >= 0.3 is 0 Å². The van der Waals surface area contributed by atoms with Gasteiger partial charge in [0.05, 0.1) is 0 Å². The molecule has 0 bridgehead atoms. The molecule has 0 amide bonds. The van der Waals surface area contributed by atoms with Crippen LogP contribution >= 0.6 is 0 Å². The summed E-state index contributed by atoms with van der Waals surface area (Å²) in [6, 6.07) is 12.6. The van der Waals surface area contributed by atoms with Crippen molar-refractivity contribution in [1.29, 1.82) is 0 Å². The summed E-state index contributed by atoms with van der Waals surface area (Å²) in [5.41, 5.74) is 1.47. The Morgan fingerprint density at radius 2 is 1.84 bits per heavy atom. The van der Waals surface area contributed by atoms with Crippen LogP contribution in [0.15, 0.2) is 30.3 Å². The summed E-state index contributed by atoms with van der Waals surface area (Å²) in [6.07, 6.45) is 5.70. The fourth-order valence-electron chi connectivity index (χ4n) is 4.09. The van der Waals surface area contributed by atoms with Gasteiger partial charge in [0.25, 0.3) is 0 Å². The molecular formula is C17H24N2. The number of nitrogens with one attached hydrogen (secondary N) is 1. The molecular weight excluding hydrogens is 232 g/mol. The van der Waals surface area contributed by atoms with Gasteiger partial charge in [-0.2, -0.15) is 0 Å². The molecule has 3 fully saturated rings. The Balaban J connectivity index is 1.37. The van der Waals surface area contributed by atoms with E-state index >= 15 is 0 Å². The largest absolute Gasteiger partial charge is 0.311 e. The van der Waals surface area contributed by atoms with E-state index in [-0.39, 0.29) is 0 Å². The molecule has 19 heavy (non-hydrogen) atoms. The zero-order valence-corrected chi connectivity index (χ0v) is 11.6. The first-order valence-corrected chi connectivity index (χ1v) is 7.91. The van der Waals surface area contributed by atoms with Gasteiger partial charge in [0.2, 0.25) is 0 Å². The standard InChI is InChI=1S/C17H24N2/c1-2-4-13(5-3-1)10-19-11-14-6-9-17(16(14)12-19)18-15-7-8-15/h1-5,14-18H,6-12H2/t14-,16+,17+/m0/s1. The van der Waals surface area contributed by atoms with E-state index in [9.17, 15) is 0 Å². The molecule has 1 aromatic carbocycles. The molecule has 0 aromatic heterocycles. The summed E-state index contributed by atoms with van der Waals surface area (Å²) >= 11 is 0. The highest BCUT2D eigenvalue weighted by atomic mass is 15.2. The zero-order valence-electron chi connectivity index (χ0n) is 11.6. The van der Waals surface area contributed by atoms with Crippen LogP contribution in [0.2, 0.25) is 0 Å². The van der Waals surface area contributed by atoms with Crippen LogP contribution in [0.1, 0.15) is 31.2 Å². The van der Waals surface area contributed by atoms with Crippen LogP contribution in [-0.2, 0) is 6.54 Å². The first-order valence-electron chi connectivity index (χ1n) is 7.91. The van der Waals surface area contributed by atoms with Crippen molar-refractivity contribution in [3.8, 4) is 0 Å². The molecule has 1 saturated heterocycles. The molecule has 4 rings (SSSR count). The van der Waals surface area contributed by atoms with Crippen molar-refractivity contribution in [3.63, 3.8) is 0 Å². The minimum atomic E-state index is 0.818. The van der Waals surface area contributed by atoms with Crippen molar-refractivity contribution in [2.24, 2.45) is 11.8 Å². The minimum absolute atomic E-state index is 0.818. The lowest BCUT2D eigenvalue weighted by Gasteiger charge is -2.21. The molecule has 3 atom stereocenters. The van der Waals surface area contributed by atoms with Gasteiger partial charge in [0.15, 0.2) is 0 Å². The minimum Gasteiger partial charge on any atom is -0.311 e. The summed E-state index contributed by atoms with van der Waals surface area (Å²) in [5.74, 6) is 1.88. The molecule has 2 heteroatoms. The lowest BCUT2D eigenvalue weighted by Crippen LogP contribution is -2.37. The van der Waals surface area contributed by atoms with Gasteiger partial charge in [-0.1, -0.05) is 30.3 Å². The highest BCUT2D eigenvalue weighted by molar-refractivity contribution is 5.15. The van der Waals surface area contributed by atoms with Crippen LogP contribution in [0, 0.1) is 11.8 Å². The molecule has 0 spiro atoms. The monoisotopic (exact) mass is 256 g/mol. The third kappa shape index (κ3) is 2.56. The Bertz CT molecular complexity index is 426. The Morgan fingerprint density at radius 1 is 1.00 bits per heavy atom. The van der Waals surface area contributed by atoms with Gasteiger partial charge in [-0.05, 0) is 43.1 Å². The smallest absolute Gasteiger partial charge is 0.0233 e. The molecule has 1 heterocycles. The van der Waals surface area contributed by atoms with E-state index in [1.54, 1.807) is 0 Å². The zero-order chi connectivity index (χ0) is 12.7. The fourth-order valence-corrected chi connectivity index (χ4v) is 4.09. The van der Waals surface area contributed by atoms with E-state index in [1.165, 1.54) is 44.3 Å². The van der Waals surface area contributed by atoms with Gasteiger partial charge in [-0.3, -0.25) is 4.90 Å². The van der Waals surface area contributed by atoms with E-state index in [1.807, 2.05) is 0 Å². The predicted octanol–water partition coefficient (Wildman–Crippen LogP) is 2.65. The number of rotatable bonds is 4. The van der Waals surface area contributed by atoms with Gasteiger partial charge in [-0.25, -0.2) is 0 Å². The Morgan fingerprint density at radius 3 is 2.63 bits per heavy atom. The molecule has 102 valence electrons. The highest BCUT2D eigenvalue weighted by Gasteiger charge is 2.43. The molecule has 1 aliphatic heterocycles. The fraction of sp³-hybridized carbons (Fsp3) is 0.647. The molecule has 1 N–H and O–H groups in total. The van der Waals surface area contributed by atoms with Gasteiger partial charge < -0.3 is 5.32 Å². The van der Waals surface area contributed by atoms with Crippen LogP contribution in [-0.4, -0.2) is 30.1 Å². The van der Waals surface area contributed by atoms with Crippen molar-refractivity contribution in [3.05, 3.63) is 35.9 Å². The van der Waals surface area contributed by atoms with E-state index < -0.39 is 0 Å². The van der Waals surface area contributed by atoms with E-state index in [4.69, 9.17) is 0 Å². The summed E-state index contributed by atoms with van der Waals surface area (Å²) < 4.78 is 0. The first-order chi connectivity index (χ1) is 9.38. The van der Waals surface area contributed by atoms with Gasteiger partial charge in [-0.15, -0.1) is 0 Å². The van der Waals surface area contributed by atoms with Crippen molar-refractivity contribution in [2.45, 2.75) is 44.3 Å². The lowest BCUT2D eigenvalue weighted by atomic mass is 9.98. The van der Waals surface area contributed by atoms with Crippen LogP contribution in [0.5, 0.6) is 0 Å². The number of hydrogen-bond acceptors (Lipinski definition) is 2. The Labute approximate surface area is 116 Å². The third-order valence-electron chi connectivity index (χ3n) is 5.21. The second-order valence-corrected chi connectivity index (χ2v) is 6.73. The van der Waals surface area contributed by atoms with Crippen molar-refractivity contribution < 1.29 is 0 Å². The first kappa shape index (κ1) is 11.9. The normalized spacial score (nSPS) is 34.6. The van der Waals surface area contributed by atoms with E-state index in [0.717, 1.165) is 30.5 Å². The number of nitrogens with zero attached hydrogens (tertiary/aromatic N) is 1. The molecule has 1 aromatic rings. The predicted molar refractivity (Wildman–Crippen MR) is 77.9 cm³/mol. The summed E-state index contributed by atoms with van der Waals surface area (Å²) in [7, 11) is 0. The van der Waals surface area contributed by atoms with Crippen LogP contribution in [0.25, 0.3) is 0 Å². The van der Waals surface area contributed by atoms with Crippen molar-refractivity contribution >= 4 is 0 Å². The molecule has 2 nitrogen and oxygen atoms in total. The average Bonchev–Trinajstić information content (AvgIpc) is 3.05. The molecule has 3 aliphatic rings. The maximum absolute atomic E-state index is 3.88. The average molecular weight is 256 g/mol. The van der Waals surface area contributed by atoms with Crippen LogP contribution < -0.4 is 5.32 Å². The maximum atomic E-state index is 3.88. The third-order valence-corrected chi connectivity index (χ3v) is 5.21. The number of benzene rings is 1. The van der Waals surface area contributed by atoms with Crippen molar-refractivity contribution in [2.75, 3.05) is 13.1 Å². The summed E-state index contributed by atoms with van der Waals surface area (Å²) in [4.78, 5) is 2.67. The number of fused-ring (bicyclic) bond motifs is 1. The molecule has 2 saturated carbocycles. The number of likely N-dealkylation sites (tertiary alicyclic amines) is 1. The number of hydrogen-bond donors (Lipinski definition) is 1. The second-order valence-electron chi connectivity index (χ2n) is 6.73. The van der Waals surface area contributed by atoms with Gasteiger partial charge in [0, 0.05) is 31.7 Å². The Kier molecular flexibility index (Phi) is 3.08. The van der Waals surface area contributed by atoms with Crippen LogP contribution in [0.3, 0.4) is 0 Å². The topological polar surface area (TPSA) is 15.3 Å². The summed E-state index contributed by atoms with van der Waals surface area (Å²) in [5, 5.41) is 3.88. The van der Waals surface area contributed by atoms with E-state index in [2.05, 4.69) is 40.5 Å². The SMILES string of the molecule is c1ccc(CN2C[C@@H]3CC[C@@H](NC4CC4)[C@@H]3C2)cc1. The second kappa shape index (κ2) is 4.92. The highest BCUT2D eigenvalue weighted by Crippen LogP contribution is 2.39. The summed E-state index contributed by atoms with van der Waals surface area (Å²) in [6.45, 7) is 3.77. The maximum Gasteiger partial charge on any atom is 0.0233 e. The van der Waals surface area contributed by atoms with Gasteiger partial charge in [0.1, 0.15) is 0 Å². The van der Waals surface area contributed by atoms with E-state index in [0.29, 0.717) is 0 Å². The molecule has 0 unspecified atom stereocenters. The quantitative estimate of drug-likeness (QED) is 0.891. The van der Waals surface area contributed by atoms with Crippen LogP contribution in [0.4, 0.5) is 0 Å². The molecule has 2 aliphatic carbocycles. The molecule has 0 radical (unpaired) electrons. The lowest BCUT2D eigenvalue weighted by molar-refractivity contribution is 0.288. The van der Waals surface area contributed by atoms with Crippen molar-refractivity contribution in [1.82, 2.24) is 10.2 Å².